The van der Waals surface area contributed by atoms with Crippen molar-refractivity contribution in [3.05, 3.63) is 29.6 Å². The summed E-state index contributed by atoms with van der Waals surface area (Å²) in [6.07, 6.45) is -0.231. The molecule has 1 aromatic rings. The fourth-order valence-corrected chi connectivity index (χ4v) is 2.22. The summed E-state index contributed by atoms with van der Waals surface area (Å²) in [7, 11) is 1.32. The van der Waals surface area contributed by atoms with E-state index in [1.54, 1.807) is 0 Å². The summed E-state index contributed by atoms with van der Waals surface area (Å²) >= 11 is 0. The van der Waals surface area contributed by atoms with Gasteiger partial charge in [-0.25, -0.2) is 4.39 Å². The number of carbonyl (C=O) groups is 3. The van der Waals surface area contributed by atoms with E-state index in [-0.39, 0.29) is 35.9 Å². The largest absolute Gasteiger partial charge is 0.494 e. The van der Waals surface area contributed by atoms with Crippen molar-refractivity contribution in [3.63, 3.8) is 0 Å². The topological polar surface area (TPSA) is 83.9 Å². The first-order valence-electron chi connectivity index (χ1n) is 7.61. The van der Waals surface area contributed by atoms with Crippen molar-refractivity contribution in [3.8, 4) is 5.75 Å². The van der Waals surface area contributed by atoms with Gasteiger partial charge in [-0.2, -0.15) is 0 Å². The summed E-state index contributed by atoms with van der Waals surface area (Å²) in [5, 5.41) is 8.87. The van der Waals surface area contributed by atoms with E-state index in [9.17, 15) is 18.8 Å². The van der Waals surface area contributed by atoms with Gasteiger partial charge in [0, 0.05) is 24.9 Å². The summed E-state index contributed by atoms with van der Waals surface area (Å²) in [5.74, 6) is -2.40. The number of Topliss-reactive ketones (excluding diaryl/α,β-unsaturated/α-hetero) is 1. The summed E-state index contributed by atoms with van der Waals surface area (Å²) in [5.41, 5.74) is 0.148. The molecule has 0 bridgehead atoms. The van der Waals surface area contributed by atoms with Crippen LogP contribution < -0.4 is 4.74 Å². The van der Waals surface area contributed by atoms with Crippen molar-refractivity contribution < 1.29 is 28.6 Å². The number of carbonyl (C=O) groups excluding carboxylic acids is 2. The Balaban J connectivity index is 2.68. The standard InChI is InChI=1S/C17H22FNO5/c1-11(2)9-19(10-17(22)23)16(21)7-5-14(20)12-4-6-15(24-3)13(18)8-12/h4,6,8,11H,5,7,9-10H2,1-3H3,(H,22,23). The Morgan fingerprint density at radius 3 is 2.42 bits per heavy atom. The molecule has 0 aliphatic carbocycles. The van der Waals surface area contributed by atoms with Crippen LogP contribution in [-0.2, 0) is 9.59 Å². The van der Waals surface area contributed by atoms with Crippen molar-refractivity contribution in [2.45, 2.75) is 26.7 Å². The monoisotopic (exact) mass is 339 g/mol. The highest BCUT2D eigenvalue weighted by molar-refractivity contribution is 5.98. The molecule has 6 nitrogen and oxygen atoms in total. The molecule has 0 aliphatic rings. The molecule has 0 unspecified atom stereocenters. The van der Waals surface area contributed by atoms with E-state index in [4.69, 9.17) is 9.84 Å². The van der Waals surface area contributed by atoms with E-state index in [1.807, 2.05) is 13.8 Å². The zero-order chi connectivity index (χ0) is 18.3. The molecule has 0 aliphatic heterocycles. The van der Waals surface area contributed by atoms with Crippen LogP contribution in [0.25, 0.3) is 0 Å². The number of carboxylic acid groups (broad SMARTS) is 1. The molecular weight excluding hydrogens is 317 g/mol. The lowest BCUT2D eigenvalue weighted by molar-refractivity contribution is -0.144. The molecule has 1 N–H and O–H groups in total. The fourth-order valence-electron chi connectivity index (χ4n) is 2.22. The number of hydrogen-bond donors (Lipinski definition) is 1. The predicted molar refractivity (Wildman–Crippen MR) is 85.6 cm³/mol. The summed E-state index contributed by atoms with van der Waals surface area (Å²) < 4.78 is 18.4. The van der Waals surface area contributed by atoms with Gasteiger partial charge in [0.15, 0.2) is 17.3 Å². The number of carboxylic acids is 1. The predicted octanol–water partition coefficient (Wildman–Crippen LogP) is 2.37. The lowest BCUT2D eigenvalue weighted by atomic mass is 10.1. The number of rotatable bonds is 9. The van der Waals surface area contributed by atoms with Gasteiger partial charge < -0.3 is 14.7 Å². The normalized spacial score (nSPS) is 10.5. The van der Waals surface area contributed by atoms with Crippen molar-refractivity contribution in [1.82, 2.24) is 4.90 Å². The molecule has 132 valence electrons. The van der Waals surface area contributed by atoms with Gasteiger partial charge in [-0.05, 0) is 24.1 Å². The highest BCUT2D eigenvalue weighted by Crippen LogP contribution is 2.19. The third-order valence-electron chi connectivity index (χ3n) is 3.30. The molecule has 7 heteroatoms. The van der Waals surface area contributed by atoms with Crippen molar-refractivity contribution in [2.75, 3.05) is 20.2 Å². The smallest absolute Gasteiger partial charge is 0.323 e. The van der Waals surface area contributed by atoms with Crippen molar-refractivity contribution >= 4 is 17.7 Å². The second kappa shape index (κ2) is 9.00. The first-order valence-corrected chi connectivity index (χ1v) is 7.61. The minimum Gasteiger partial charge on any atom is -0.494 e. The van der Waals surface area contributed by atoms with Gasteiger partial charge in [-0.15, -0.1) is 0 Å². The molecule has 0 saturated heterocycles. The Labute approximate surface area is 140 Å². The van der Waals surface area contributed by atoms with Gasteiger partial charge in [0.05, 0.1) is 7.11 Å². The molecule has 24 heavy (non-hydrogen) atoms. The molecule has 0 heterocycles. The molecule has 1 aromatic carbocycles. The van der Waals surface area contributed by atoms with E-state index in [2.05, 4.69) is 0 Å². The quantitative estimate of drug-likeness (QED) is 0.698. The molecule has 0 fully saturated rings. The number of methoxy groups -OCH3 is 1. The number of amides is 1. The molecule has 0 radical (unpaired) electrons. The minimum atomic E-state index is -1.10. The number of nitrogens with zero attached hydrogens (tertiary/aromatic N) is 1. The van der Waals surface area contributed by atoms with E-state index >= 15 is 0 Å². The minimum absolute atomic E-state index is 0.0344. The van der Waals surface area contributed by atoms with Crippen LogP contribution in [0.4, 0.5) is 4.39 Å². The summed E-state index contributed by atoms with van der Waals surface area (Å²) in [6.45, 7) is 3.64. The van der Waals surface area contributed by atoms with Crippen LogP contribution >= 0.6 is 0 Å². The number of ether oxygens (including phenoxy) is 1. The third kappa shape index (κ3) is 5.98. The van der Waals surface area contributed by atoms with Crippen LogP contribution in [0.5, 0.6) is 5.75 Å². The first kappa shape index (κ1) is 19.6. The van der Waals surface area contributed by atoms with Crippen LogP contribution in [-0.4, -0.2) is 47.9 Å². The van der Waals surface area contributed by atoms with Crippen LogP contribution in [0.1, 0.15) is 37.0 Å². The van der Waals surface area contributed by atoms with E-state index in [1.165, 1.54) is 24.1 Å². The summed E-state index contributed by atoms with van der Waals surface area (Å²) in [6, 6.07) is 3.84. The van der Waals surface area contributed by atoms with Gasteiger partial charge in [-0.1, -0.05) is 13.8 Å². The highest BCUT2D eigenvalue weighted by Gasteiger charge is 2.19. The number of ketones is 1. The van der Waals surface area contributed by atoms with Gasteiger partial charge >= 0.3 is 5.97 Å². The molecule has 0 aromatic heterocycles. The molecule has 0 saturated carbocycles. The highest BCUT2D eigenvalue weighted by atomic mass is 19.1. The average molecular weight is 339 g/mol. The maximum absolute atomic E-state index is 13.6. The Hall–Kier alpha value is -2.44. The maximum Gasteiger partial charge on any atom is 0.323 e. The van der Waals surface area contributed by atoms with Crippen LogP contribution in [0.3, 0.4) is 0 Å². The average Bonchev–Trinajstić information content (AvgIpc) is 2.50. The van der Waals surface area contributed by atoms with E-state index < -0.39 is 24.2 Å². The molecule has 1 amide bonds. The zero-order valence-electron chi connectivity index (χ0n) is 14.0. The number of hydrogen-bond acceptors (Lipinski definition) is 4. The maximum atomic E-state index is 13.6. The second-order valence-corrected chi connectivity index (χ2v) is 5.83. The van der Waals surface area contributed by atoms with Crippen LogP contribution in [0, 0.1) is 11.7 Å². The summed E-state index contributed by atoms with van der Waals surface area (Å²) in [4.78, 5) is 36.3. The van der Waals surface area contributed by atoms with Crippen molar-refractivity contribution in [1.29, 1.82) is 0 Å². The number of aliphatic carboxylic acids is 1. The van der Waals surface area contributed by atoms with Crippen LogP contribution in [0.2, 0.25) is 0 Å². The number of benzene rings is 1. The van der Waals surface area contributed by atoms with E-state index in [0.717, 1.165) is 6.07 Å². The van der Waals surface area contributed by atoms with Gasteiger partial charge in [-0.3, -0.25) is 14.4 Å². The second-order valence-electron chi connectivity index (χ2n) is 5.83. The molecule has 1 rings (SSSR count). The lowest BCUT2D eigenvalue weighted by Crippen LogP contribution is -2.38. The van der Waals surface area contributed by atoms with Gasteiger partial charge in [0.1, 0.15) is 6.54 Å². The zero-order valence-corrected chi connectivity index (χ0v) is 14.0. The van der Waals surface area contributed by atoms with Crippen LogP contribution in [0.15, 0.2) is 18.2 Å². The Kier molecular flexibility index (Phi) is 7.35. The Bertz CT molecular complexity index is 615. The Morgan fingerprint density at radius 1 is 1.25 bits per heavy atom. The molecule has 0 spiro atoms. The lowest BCUT2D eigenvalue weighted by Gasteiger charge is -2.22. The first-order chi connectivity index (χ1) is 11.2. The van der Waals surface area contributed by atoms with Gasteiger partial charge in [0.2, 0.25) is 5.91 Å². The van der Waals surface area contributed by atoms with E-state index in [0.29, 0.717) is 6.54 Å². The van der Waals surface area contributed by atoms with Crippen molar-refractivity contribution in [2.24, 2.45) is 5.92 Å². The van der Waals surface area contributed by atoms with Gasteiger partial charge in [0.25, 0.3) is 0 Å². The fraction of sp³-hybridized carbons (Fsp3) is 0.471. The molecular formula is C17H22FNO5. The molecule has 0 atom stereocenters. The number of halogens is 1. The Morgan fingerprint density at radius 2 is 1.92 bits per heavy atom. The third-order valence-corrected chi connectivity index (χ3v) is 3.30. The SMILES string of the molecule is COc1ccc(C(=O)CCC(=O)N(CC(=O)O)CC(C)C)cc1F.